The van der Waals surface area contributed by atoms with Gasteiger partial charge in [0.05, 0.1) is 0 Å². The van der Waals surface area contributed by atoms with Gasteiger partial charge < -0.3 is 5.32 Å². The molecule has 0 fully saturated rings. The molecule has 1 aromatic rings. The van der Waals surface area contributed by atoms with E-state index in [-0.39, 0.29) is 5.41 Å². The van der Waals surface area contributed by atoms with Gasteiger partial charge in [0.15, 0.2) is 0 Å². The lowest BCUT2D eigenvalue weighted by Crippen LogP contribution is -2.24. The number of rotatable bonds is 5. The standard InChI is InChI=1S/C15H24ClN/c1-5-17-11-10-14(15(2,3)4)12-6-8-13(16)9-7-12/h6-9,14,17H,5,10-11H2,1-4H3/t14-/m1/s1. The number of hydrogen-bond donors (Lipinski definition) is 1. The van der Waals surface area contributed by atoms with Gasteiger partial charge in [-0.05, 0) is 48.5 Å². The number of nitrogens with one attached hydrogen (secondary N) is 1. The third-order valence-electron chi connectivity index (χ3n) is 3.18. The van der Waals surface area contributed by atoms with Crippen LogP contribution in [0.4, 0.5) is 0 Å². The van der Waals surface area contributed by atoms with Gasteiger partial charge in [0.25, 0.3) is 0 Å². The summed E-state index contributed by atoms with van der Waals surface area (Å²) >= 11 is 5.95. The molecular weight excluding hydrogens is 230 g/mol. The first-order valence-corrected chi connectivity index (χ1v) is 6.79. The van der Waals surface area contributed by atoms with Crippen LogP contribution in [-0.4, -0.2) is 13.1 Å². The van der Waals surface area contributed by atoms with E-state index in [2.05, 4.69) is 45.1 Å². The molecule has 17 heavy (non-hydrogen) atoms. The lowest BCUT2D eigenvalue weighted by atomic mass is 9.74. The molecule has 0 unspecified atom stereocenters. The maximum atomic E-state index is 5.95. The molecule has 1 rings (SSSR count). The first-order chi connectivity index (χ1) is 7.95. The van der Waals surface area contributed by atoms with Crippen LogP contribution < -0.4 is 5.32 Å². The van der Waals surface area contributed by atoms with Crippen LogP contribution in [0.3, 0.4) is 0 Å². The Bertz CT molecular complexity index is 324. The lowest BCUT2D eigenvalue weighted by molar-refractivity contribution is 0.302. The number of hydrogen-bond acceptors (Lipinski definition) is 1. The van der Waals surface area contributed by atoms with E-state index in [1.165, 1.54) is 12.0 Å². The molecule has 96 valence electrons. The second-order valence-electron chi connectivity index (χ2n) is 5.61. The van der Waals surface area contributed by atoms with E-state index in [0.717, 1.165) is 18.1 Å². The monoisotopic (exact) mass is 253 g/mol. The van der Waals surface area contributed by atoms with Gasteiger partial charge in [-0.2, -0.15) is 0 Å². The van der Waals surface area contributed by atoms with Crippen molar-refractivity contribution in [3.63, 3.8) is 0 Å². The van der Waals surface area contributed by atoms with Crippen LogP contribution in [0.15, 0.2) is 24.3 Å². The van der Waals surface area contributed by atoms with Crippen molar-refractivity contribution in [2.75, 3.05) is 13.1 Å². The Morgan fingerprint density at radius 1 is 1.18 bits per heavy atom. The average molecular weight is 254 g/mol. The molecule has 0 spiro atoms. The lowest BCUT2D eigenvalue weighted by Gasteiger charge is -2.31. The van der Waals surface area contributed by atoms with Gasteiger partial charge in [-0.25, -0.2) is 0 Å². The second kappa shape index (κ2) is 6.42. The zero-order valence-corrected chi connectivity index (χ0v) is 12.1. The predicted octanol–water partition coefficient (Wildman–Crippen LogP) is 4.47. The van der Waals surface area contributed by atoms with Crippen LogP contribution in [0.25, 0.3) is 0 Å². The fourth-order valence-corrected chi connectivity index (χ4v) is 2.34. The van der Waals surface area contributed by atoms with Crippen molar-refractivity contribution in [3.8, 4) is 0 Å². The molecule has 0 amide bonds. The molecule has 1 N–H and O–H groups in total. The molecule has 0 bridgehead atoms. The van der Waals surface area contributed by atoms with E-state index in [1.54, 1.807) is 0 Å². The van der Waals surface area contributed by atoms with Crippen LogP contribution in [-0.2, 0) is 0 Å². The molecule has 0 aromatic heterocycles. The first kappa shape index (κ1) is 14.5. The Kier molecular flexibility index (Phi) is 5.48. The van der Waals surface area contributed by atoms with Crippen molar-refractivity contribution >= 4 is 11.6 Å². The Hall–Kier alpha value is -0.530. The van der Waals surface area contributed by atoms with Crippen molar-refractivity contribution in [1.29, 1.82) is 0 Å². The highest BCUT2D eigenvalue weighted by molar-refractivity contribution is 6.30. The molecule has 2 heteroatoms. The van der Waals surface area contributed by atoms with Crippen LogP contribution >= 0.6 is 11.6 Å². The fraction of sp³-hybridized carbons (Fsp3) is 0.600. The van der Waals surface area contributed by atoms with Gasteiger partial charge in [0.1, 0.15) is 0 Å². The van der Waals surface area contributed by atoms with Crippen molar-refractivity contribution in [1.82, 2.24) is 5.32 Å². The molecule has 0 heterocycles. The summed E-state index contributed by atoms with van der Waals surface area (Å²) in [5.41, 5.74) is 1.67. The molecule has 1 aromatic carbocycles. The molecule has 0 saturated carbocycles. The van der Waals surface area contributed by atoms with Gasteiger partial charge in [0.2, 0.25) is 0 Å². The summed E-state index contributed by atoms with van der Waals surface area (Å²) in [4.78, 5) is 0. The third-order valence-corrected chi connectivity index (χ3v) is 3.43. The SMILES string of the molecule is CCNCC[C@H](c1ccc(Cl)cc1)C(C)(C)C. The Labute approximate surface area is 111 Å². The zero-order valence-electron chi connectivity index (χ0n) is 11.4. The Morgan fingerprint density at radius 3 is 2.24 bits per heavy atom. The predicted molar refractivity (Wildman–Crippen MR) is 76.8 cm³/mol. The zero-order chi connectivity index (χ0) is 12.9. The largest absolute Gasteiger partial charge is 0.317 e. The summed E-state index contributed by atoms with van der Waals surface area (Å²) in [5, 5.41) is 4.22. The highest BCUT2D eigenvalue weighted by atomic mass is 35.5. The van der Waals surface area contributed by atoms with Gasteiger partial charge in [-0.1, -0.05) is 51.4 Å². The second-order valence-corrected chi connectivity index (χ2v) is 6.05. The third kappa shape index (κ3) is 4.69. The Balaban J connectivity index is 2.79. The average Bonchev–Trinajstić information content (AvgIpc) is 2.25. The summed E-state index contributed by atoms with van der Waals surface area (Å²) in [7, 11) is 0. The molecule has 0 aliphatic heterocycles. The highest BCUT2D eigenvalue weighted by Gasteiger charge is 2.25. The Morgan fingerprint density at radius 2 is 1.76 bits per heavy atom. The van der Waals surface area contributed by atoms with Gasteiger partial charge >= 0.3 is 0 Å². The van der Waals surface area contributed by atoms with Crippen molar-refractivity contribution in [2.45, 2.75) is 40.0 Å². The maximum absolute atomic E-state index is 5.95. The minimum Gasteiger partial charge on any atom is -0.317 e. The van der Waals surface area contributed by atoms with E-state index in [1.807, 2.05) is 12.1 Å². The summed E-state index contributed by atoms with van der Waals surface area (Å²) in [5.74, 6) is 0.568. The highest BCUT2D eigenvalue weighted by Crippen LogP contribution is 2.37. The quantitative estimate of drug-likeness (QED) is 0.764. The van der Waals surface area contributed by atoms with Crippen LogP contribution in [0.1, 0.15) is 45.6 Å². The van der Waals surface area contributed by atoms with Crippen LogP contribution in [0.2, 0.25) is 5.02 Å². The minimum absolute atomic E-state index is 0.281. The van der Waals surface area contributed by atoms with E-state index in [0.29, 0.717) is 5.92 Å². The summed E-state index contributed by atoms with van der Waals surface area (Å²) in [6.45, 7) is 11.2. The van der Waals surface area contributed by atoms with E-state index in [4.69, 9.17) is 11.6 Å². The molecule has 0 radical (unpaired) electrons. The topological polar surface area (TPSA) is 12.0 Å². The van der Waals surface area contributed by atoms with Crippen molar-refractivity contribution in [3.05, 3.63) is 34.9 Å². The van der Waals surface area contributed by atoms with Crippen molar-refractivity contribution < 1.29 is 0 Å². The fourth-order valence-electron chi connectivity index (χ4n) is 2.22. The number of benzene rings is 1. The normalized spacial score (nSPS) is 13.7. The molecular formula is C15H24ClN. The van der Waals surface area contributed by atoms with Gasteiger partial charge in [-0.15, -0.1) is 0 Å². The molecule has 0 aliphatic rings. The van der Waals surface area contributed by atoms with Gasteiger partial charge in [-0.3, -0.25) is 0 Å². The van der Waals surface area contributed by atoms with Crippen LogP contribution in [0, 0.1) is 5.41 Å². The smallest absolute Gasteiger partial charge is 0.0406 e. The minimum atomic E-state index is 0.281. The van der Waals surface area contributed by atoms with Crippen LogP contribution in [0.5, 0.6) is 0 Å². The number of halogens is 1. The summed E-state index contributed by atoms with van der Waals surface area (Å²) < 4.78 is 0. The van der Waals surface area contributed by atoms with Gasteiger partial charge in [0, 0.05) is 5.02 Å². The maximum Gasteiger partial charge on any atom is 0.0406 e. The van der Waals surface area contributed by atoms with Crippen molar-refractivity contribution in [2.24, 2.45) is 5.41 Å². The first-order valence-electron chi connectivity index (χ1n) is 6.41. The van der Waals surface area contributed by atoms with E-state index < -0.39 is 0 Å². The molecule has 1 nitrogen and oxygen atoms in total. The van der Waals surface area contributed by atoms with E-state index >= 15 is 0 Å². The molecule has 0 aliphatic carbocycles. The molecule has 0 saturated heterocycles. The van der Waals surface area contributed by atoms with E-state index in [9.17, 15) is 0 Å². The summed E-state index contributed by atoms with van der Waals surface area (Å²) in [6.07, 6.45) is 1.17. The molecule has 1 atom stereocenters. The summed E-state index contributed by atoms with van der Waals surface area (Å²) in [6, 6.07) is 8.29.